The van der Waals surface area contributed by atoms with Crippen LogP contribution >= 0.6 is 11.6 Å². The highest BCUT2D eigenvalue weighted by Crippen LogP contribution is 2.41. The number of hydrogen-bond donors (Lipinski definition) is 1. The summed E-state index contributed by atoms with van der Waals surface area (Å²) in [5, 5.41) is 8.76. The molecule has 0 radical (unpaired) electrons. The summed E-state index contributed by atoms with van der Waals surface area (Å²) in [6, 6.07) is 114. The molecule has 0 fully saturated rings. The van der Waals surface area contributed by atoms with E-state index in [0.29, 0.717) is 29.2 Å². The Bertz CT molecular complexity index is 6260. The molecule has 1 N–H and O–H groups in total. The van der Waals surface area contributed by atoms with Crippen LogP contribution in [0.15, 0.2) is 334 Å². The molecule has 0 saturated carbocycles. The fourth-order valence-electron chi connectivity index (χ4n) is 14.0. The number of nitrogens with zero attached hydrogens (tertiary/aromatic N) is 9. The Morgan fingerprint density at radius 3 is 1.16 bits per heavy atom. The third-order valence-electron chi connectivity index (χ3n) is 18.7. The highest BCUT2D eigenvalue weighted by Gasteiger charge is 2.25. The van der Waals surface area contributed by atoms with Gasteiger partial charge in [0.1, 0.15) is 17.7 Å². The first-order valence-electron chi connectivity index (χ1n) is 33.5. The Balaban J connectivity index is 0.000000122. The molecule has 0 atom stereocenters. The maximum Gasteiger partial charge on any atom is 0.238 e. The Kier molecular flexibility index (Phi) is 15.3. The molecule has 1 aliphatic carbocycles. The maximum atomic E-state index is 5.99. The molecule has 20 rings (SSSR count). The van der Waals surface area contributed by atoms with Crippen molar-refractivity contribution >= 4 is 100 Å². The lowest BCUT2D eigenvalue weighted by Gasteiger charge is -2.11. The molecule has 11 heteroatoms. The Morgan fingerprint density at radius 2 is 0.644 bits per heavy atom. The van der Waals surface area contributed by atoms with Crippen LogP contribution in [-0.4, -0.2) is 48.6 Å². The first-order chi connectivity index (χ1) is 50.0. The van der Waals surface area contributed by atoms with E-state index in [1.165, 1.54) is 88.1 Å². The molecule has 6 heterocycles. The zero-order valence-electron chi connectivity index (χ0n) is 54.3. The largest absolute Gasteiger partial charge is 0.355 e. The van der Waals surface area contributed by atoms with Crippen molar-refractivity contribution in [3.63, 3.8) is 0 Å². The molecule has 19 aromatic rings. The van der Waals surface area contributed by atoms with Gasteiger partial charge in [0, 0.05) is 82.8 Å². The van der Waals surface area contributed by atoms with Crippen LogP contribution in [0.3, 0.4) is 0 Å². The molecule has 474 valence electrons. The highest BCUT2D eigenvalue weighted by atomic mass is 35.5. The lowest BCUT2D eigenvalue weighted by Crippen LogP contribution is -2.06. The quantitative estimate of drug-likeness (QED) is 0.144. The summed E-state index contributed by atoms with van der Waals surface area (Å²) in [6.07, 6.45) is 9.52. The van der Waals surface area contributed by atoms with Gasteiger partial charge in [-0.3, -0.25) is 9.13 Å². The van der Waals surface area contributed by atoms with Gasteiger partial charge in [-0.2, -0.15) is 19.9 Å². The molecule has 0 amide bonds. The second kappa shape index (κ2) is 25.8. The number of para-hydroxylation sites is 5. The average molecular weight is 1310 g/mol. The molecular formula is C90H58ClN10+. The van der Waals surface area contributed by atoms with Crippen molar-refractivity contribution in [1.82, 2.24) is 48.6 Å². The van der Waals surface area contributed by atoms with E-state index in [1.54, 1.807) is 0 Å². The number of nitrogens with one attached hydrogen (secondary N) is 1. The van der Waals surface area contributed by atoms with Crippen LogP contribution in [0.4, 0.5) is 0 Å². The van der Waals surface area contributed by atoms with E-state index in [9.17, 15) is 0 Å². The van der Waals surface area contributed by atoms with Gasteiger partial charge >= 0.3 is 0 Å². The van der Waals surface area contributed by atoms with Crippen LogP contribution in [-0.2, 0) is 0 Å². The summed E-state index contributed by atoms with van der Waals surface area (Å²) in [5.41, 5.74) is 21.3. The van der Waals surface area contributed by atoms with E-state index < -0.39 is 0 Å². The third-order valence-corrected chi connectivity index (χ3v) is 18.9. The number of H-pyrrole nitrogens is 1. The Morgan fingerprint density at radius 1 is 0.277 bits per heavy atom. The summed E-state index contributed by atoms with van der Waals surface area (Å²) < 4.78 is 6.85. The standard InChI is InChI=1S/C45H29N5.C30H19N2.C15H10ClN3/c1-4-14-30(15-5-1)43-46-44(31-16-6-2-7-17-31)48-45(47-43)50-40-23-13-11-21-36(40)38-29-33(25-27-42(38)50)32-24-26-41-37(28-32)35-20-10-12-22-39(35)49(41)34-18-8-3-9-19-34;1-2-8-22(9-3-1)32-29-13-7-5-11-24(29)26-19-21(15-17-30(26)32)20-14-16-28-25(18-20)23-10-4-6-12-27(23)31-28;16-15-18-13(11-7-3-1-4-8-11)17-14(19-15)12-9-5-2-6-10-12/h1-29H;1-6,8-19,31H;1-10H/q;+1;. The smallest absolute Gasteiger partial charge is 0.238 e. The van der Waals surface area contributed by atoms with Gasteiger partial charge < -0.3 is 9.55 Å². The predicted molar refractivity (Wildman–Crippen MR) is 415 cm³/mol. The minimum absolute atomic E-state index is 0.202. The van der Waals surface area contributed by atoms with Crippen LogP contribution in [0.25, 0.3) is 174 Å². The molecule has 0 spiro atoms. The molecule has 13 aromatic carbocycles. The van der Waals surface area contributed by atoms with Crippen LogP contribution in [0.1, 0.15) is 11.3 Å². The molecular weight excluding hydrogens is 1260 g/mol. The van der Waals surface area contributed by atoms with E-state index >= 15 is 0 Å². The lowest BCUT2D eigenvalue weighted by molar-refractivity contribution is 0.953. The Hall–Kier alpha value is -13.5. The fraction of sp³-hybridized carbons (Fsp3) is 0. The van der Waals surface area contributed by atoms with Gasteiger partial charge in [-0.25, -0.2) is 9.97 Å². The second-order valence-corrected chi connectivity index (χ2v) is 25.1. The zero-order valence-corrected chi connectivity index (χ0v) is 55.1. The van der Waals surface area contributed by atoms with Gasteiger partial charge in [0.2, 0.25) is 11.2 Å². The van der Waals surface area contributed by atoms with Crippen molar-refractivity contribution in [2.45, 2.75) is 0 Å². The van der Waals surface area contributed by atoms with Gasteiger partial charge in [0.25, 0.3) is 0 Å². The Labute approximate surface area is 586 Å². The molecule has 101 heavy (non-hydrogen) atoms. The number of aromatic nitrogens is 10. The zero-order chi connectivity index (χ0) is 67.2. The van der Waals surface area contributed by atoms with Crippen LogP contribution in [0.5, 0.6) is 0 Å². The summed E-state index contributed by atoms with van der Waals surface area (Å²) in [4.78, 5) is 31.4. The minimum atomic E-state index is 0.202. The topological polar surface area (TPSA) is 108 Å². The van der Waals surface area contributed by atoms with Gasteiger partial charge in [0.15, 0.2) is 29.0 Å². The van der Waals surface area contributed by atoms with Gasteiger partial charge in [-0.1, -0.05) is 237 Å². The molecule has 0 unspecified atom stereocenters. The molecule has 6 aromatic heterocycles. The van der Waals surface area contributed by atoms with Crippen molar-refractivity contribution in [2.75, 3.05) is 0 Å². The SMILES string of the molecule is Clc1nc(-c2ccccc2)nc(-c2ccccc2)n1.[C+]1=Cc2c(c3cc(-c4ccc5[nH]c6ccccc6c5c4)ccc3n2-c2ccccc2)C=C1.c1ccc(-c2nc(-c3ccccc3)nc(-n3c4ccccc4c4cc(-c5ccc6c(c5)c5ccccc5n6-c5ccccc5)ccc43)n2)cc1. The van der Waals surface area contributed by atoms with Gasteiger partial charge in [0.05, 0.1) is 39.3 Å². The van der Waals surface area contributed by atoms with Gasteiger partial charge in [-0.15, -0.1) is 0 Å². The summed E-state index contributed by atoms with van der Waals surface area (Å²) in [6.45, 7) is 0. The van der Waals surface area contributed by atoms with E-state index in [1.807, 2.05) is 127 Å². The van der Waals surface area contributed by atoms with Crippen molar-refractivity contribution in [2.24, 2.45) is 0 Å². The first kappa shape index (κ1) is 60.0. The molecule has 0 aliphatic heterocycles. The van der Waals surface area contributed by atoms with E-state index in [4.69, 9.17) is 26.6 Å². The van der Waals surface area contributed by atoms with Crippen molar-refractivity contribution in [3.8, 4) is 85.1 Å². The number of rotatable bonds is 9. The minimum Gasteiger partial charge on any atom is -0.355 e. The number of aromatic amines is 1. The molecule has 0 saturated heterocycles. The summed E-state index contributed by atoms with van der Waals surface area (Å²) >= 11 is 5.99. The molecule has 10 nitrogen and oxygen atoms in total. The number of fused-ring (bicyclic) bond motifs is 12. The second-order valence-electron chi connectivity index (χ2n) is 24.8. The van der Waals surface area contributed by atoms with Gasteiger partial charge in [-0.05, 0) is 125 Å². The molecule has 1 aliphatic rings. The summed E-state index contributed by atoms with van der Waals surface area (Å²) in [7, 11) is 0. The lowest BCUT2D eigenvalue weighted by atomic mass is 9.99. The van der Waals surface area contributed by atoms with Crippen molar-refractivity contribution < 1.29 is 0 Å². The fourth-order valence-corrected chi connectivity index (χ4v) is 14.2. The normalized spacial score (nSPS) is 11.7. The number of benzene rings is 13. The van der Waals surface area contributed by atoms with Crippen LogP contribution in [0.2, 0.25) is 5.28 Å². The monoisotopic (exact) mass is 1310 g/mol. The van der Waals surface area contributed by atoms with E-state index in [0.717, 1.165) is 55.3 Å². The van der Waals surface area contributed by atoms with Crippen LogP contribution < -0.4 is 0 Å². The third kappa shape index (κ3) is 11.2. The predicted octanol–water partition coefficient (Wildman–Crippen LogP) is 22.7. The van der Waals surface area contributed by atoms with E-state index in [-0.39, 0.29) is 5.28 Å². The first-order valence-corrected chi connectivity index (χ1v) is 33.9. The average Bonchev–Trinajstić information content (AvgIpc) is 1.59. The van der Waals surface area contributed by atoms with Crippen molar-refractivity contribution in [1.29, 1.82) is 0 Å². The number of halogens is 1. The van der Waals surface area contributed by atoms with Crippen molar-refractivity contribution in [3.05, 3.63) is 356 Å². The van der Waals surface area contributed by atoms with Crippen LogP contribution in [0, 0.1) is 6.08 Å². The highest BCUT2D eigenvalue weighted by molar-refractivity contribution is 6.28. The number of allylic oxidation sites excluding steroid dienone is 2. The molecule has 0 bridgehead atoms. The van der Waals surface area contributed by atoms with E-state index in [2.05, 4.69) is 258 Å². The maximum absolute atomic E-state index is 5.99. The summed E-state index contributed by atoms with van der Waals surface area (Å²) in [5.74, 6) is 3.03. The number of hydrogen-bond acceptors (Lipinski definition) is 6.